The molecule has 144 valence electrons. The Kier molecular flexibility index (Phi) is 7.23. The summed E-state index contributed by atoms with van der Waals surface area (Å²) in [6.45, 7) is 6.06. The monoisotopic (exact) mass is 371 g/mol. The minimum atomic E-state index is -0.960. The maximum Gasteiger partial charge on any atom is 0.338 e. The van der Waals surface area contributed by atoms with E-state index in [4.69, 9.17) is 14.2 Å². The van der Waals surface area contributed by atoms with Crippen molar-refractivity contribution >= 4 is 17.6 Å². The van der Waals surface area contributed by atoms with Crippen LogP contribution in [-0.2, 0) is 9.53 Å². The van der Waals surface area contributed by atoms with Crippen LogP contribution in [0.4, 0.5) is 5.69 Å². The Morgan fingerprint density at radius 1 is 1.11 bits per heavy atom. The molecule has 0 aliphatic carbocycles. The number of nitrogens with one attached hydrogen (secondary N) is 1. The molecule has 0 saturated heterocycles. The summed E-state index contributed by atoms with van der Waals surface area (Å²) in [6, 6.07) is 12.1. The first-order valence-corrected chi connectivity index (χ1v) is 8.84. The van der Waals surface area contributed by atoms with Crippen molar-refractivity contribution in [2.45, 2.75) is 33.3 Å². The number of hydrogen-bond acceptors (Lipinski definition) is 5. The quantitative estimate of drug-likeness (QED) is 0.711. The summed E-state index contributed by atoms with van der Waals surface area (Å²) in [7, 11) is 1.53. The van der Waals surface area contributed by atoms with Crippen LogP contribution in [0.5, 0.6) is 11.5 Å². The van der Waals surface area contributed by atoms with Gasteiger partial charge in [-0.1, -0.05) is 13.0 Å². The zero-order valence-electron chi connectivity index (χ0n) is 16.1. The van der Waals surface area contributed by atoms with Crippen LogP contribution in [0.1, 0.15) is 36.2 Å². The molecule has 2 aromatic rings. The standard InChI is InChI=1S/C21H25NO5/c1-5-12-26-17-9-7-16(8-10-17)21(24)27-15(3)20(23)22-18-13-14(2)6-11-19(18)25-4/h6-11,13,15H,5,12H2,1-4H3,(H,22,23)/t15-/m0/s1. The van der Waals surface area contributed by atoms with Crippen molar-refractivity contribution < 1.29 is 23.8 Å². The lowest BCUT2D eigenvalue weighted by Crippen LogP contribution is -2.30. The molecule has 1 atom stereocenters. The van der Waals surface area contributed by atoms with E-state index in [1.165, 1.54) is 14.0 Å². The molecule has 1 amide bonds. The molecule has 6 heteroatoms. The van der Waals surface area contributed by atoms with E-state index in [1.54, 1.807) is 36.4 Å². The molecule has 1 N–H and O–H groups in total. The molecule has 0 radical (unpaired) electrons. The van der Waals surface area contributed by atoms with Gasteiger partial charge in [-0.25, -0.2) is 4.79 Å². The molecule has 2 rings (SSSR count). The molecule has 0 aromatic heterocycles. The molecule has 27 heavy (non-hydrogen) atoms. The average molecular weight is 371 g/mol. The van der Waals surface area contributed by atoms with Gasteiger partial charge in [0, 0.05) is 0 Å². The van der Waals surface area contributed by atoms with E-state index in [9.17, 15) is 9.59 Å². The summed E-state index contributed by atoms with van der Waals surface area (Å²) in [5.74, 6) is 0.215. The van der Waals surface area contributed by atoms with Crippen molar-refractivity contribution in [3.8, 4) is 11.5 Å². The van der Waals surface area contributed by atoms with Gasteiger partial charge in [0.2, 0.25) is 0 Å². The number of hydrogen-bond donors (Lipinski definition) is 1. The van der Waals surface area contributed by atoms with Crippen LogP contribution in [0, 0.1) is 6.92 Å². The summed E-state index contributed by atoms with van der Waals surface area (Å²) >= 11 is 0. The molecule has 0 bridgehead atoms. The van der Waals surface area contributed by atoms with Crippen molar-refractivity contribution in [1.29, 1.82) is 0 Å². The molecule has 0 saturated carbocycles. The Morgan fingerprint density at radius 3 is 2.44 bits per heavy atom. The van der Waals surface area contributed by atoms with Crippen molar-refractivity contribution in [1.82, 2.24) is 0 Å². The zero-order chi connectivity index (χ0) is 19.8. The summed E-state index contributed by atoms with van der Waals surface area (Å²) in [5, 5.41) is 2.73. The molecular weight excluding hydrogens is 346 g/mol. The minimum Gasteiger partial charge on any atom is -0.495 e. The highest BCUT2D eigenvalue weighted by molar-refractivity contribution is 5.98. The average Bonchev–Trinajstić information content (AvgIpc) is 2.66. The number of esters is 1. The normalized spacial score (nSPS) is 11.4. The molecule has 0 aliphatic rings. The van der Waals surface area contributed by atoms with Crippen LogP contribution in [0.15, 0.2) is 42.5 Å². The molecule has 6 nitrogen and oxygen atoms in total. The SMILES string of the molecule is CCCOc1ccc(C(=O)O[C@@H](C)C(=O)Nc2cc(C)ccc2OC)cc1. The van der Waals surface area contributed by atoms with Crippen molar-refractivity contribution in [3.05, 3.63) is 53.6 Å². The summed E-state index contributed by atoms with van der Waals surface area (Å²) in [6.07, 6.45) is -0.0546. The lowest BCUT2D eigenvalue weighted by atomic mass is 10.2. The molecule has 0 fully saturated rings. The molecule has 0 spiro atoms. The Balaban J connectivity index is 1.97. The van der Waals surface area contributed by atoms with Crippen LogP contribution in [0.25, 0.3) is 0 Å². The van der Waals surface area contributed by atoms with Crippen LogP contribution in [-0.4, -0.2) is 31.7 Å². The largest absolute Gasteiger partial charge is 0.495 e. The molecule has 0 aliphatic heterocycles. The van der Waals surface area contributed by atoms with Gasteiger partial charge in [0.15, 0.2) is 6.10 Å². The maximum absolute atomic E-state index is 12.4. The number of aryl methyl sites for hydroxylation is 1. The van der Waals surface area contributed by atoms with E-state index in [0.29, 0.717) is 29.4 Å². The predicted octanol–water partition coefficient (Wildman–Crippen LogP) is 3.98. The van der Waals surface area contributed by atoms with E-state index < -0.39 is 18.0 Å². The Bertz CT molecular complexity index is 786. The highest BCUT2D eigenvalue weighted by Gasteiger charge is 2.20. The highest BCUT2D eigenvalue weighted by Crippen LogP contribution is 2.25. The number of carbonyl (C=O) groups is 2. The number of benzene rings is 2. The Hall–Kier alpha value is -3.02. The van der Waals surface area contributed by atoms with Crippen LogP contribution >= 0.6 is 0 Å². The Labute approximate surface area is 159 Å². The van der Waals surface area contributed by atoms with Gasteiger partial charge in [-0.15, -0.1) is 0 Å². The van der Waals surface area contributed by atoms with Gasteiger partial charge in [0.25, 0.3) is 5.91 Å². The van der Waals surface area contributed by atoms with E-state index in [-0.39, 0.29) is 0 Å². The van der Waals surface area contributed by atoms with Crippen LogP contribution in [0.2, 0.25) is 0 Å². The first-order chi connectivity index (χ1) is 12.9. The predicted molar refractivity (Wildman–Crippen MR) is 103 cm³/mol. The van der Waals surface area contributed by atoms with Gasteiger partial charge in [-0.3, -0.25) is 4.79 Å². The second kappa shape index (κ2) is 9.62. The topological polar surface area (TPSA) is 73.9 Å². The third-order valence-electron chi connectivity index (χ3n) is 3.83. The first kappa shape index (κ1) is 20.3. The van der Waals surface area contributed by atoms with E-state index in [0.717, 1.165) is 12.0 Å². The lowest BCUT2D eigenvalue weighted by Gasteiger charge is -2.16. The molecule has 2 aromatic carbocycles. The van der Waals surface area contributed by atoms with Crippen molar-refractivity contribution in [2.24, 2.45) is 0 Å². The molecule has 0 unspecified atom stereocenters. The van der Waals surface area contributed by atoms with E-state index in [1.807, 2.05) is 19.9 Å². The van der Waals surface area contributed by atoms with Crippen molar-refractivity contribution in [3.63, 3.8) is 0 Å². The fourth-order valence-electron chi connectivity index (χ4n) is 2.34. The van der Waals surface area contributed by atoms with Crippen LogP contribution in [0.3, 0.4) is 0 Å². The van der Waals surface area contributed by atoms with Gasteiger partial charge >= 0.3 is 5.97 Å². The van der Waals surface area contributed by atoms with Gasteiger partial charge in [0.05, 0.1) is 25.0 Å². The number of methoxy groups -OCH3 is 1. The van der Waals surface area contributed by atoms with Crippen molar-refractivity contribution in [2.75, 3.05) is 19.0 Å². The van der Waals surface area contributed by atoms with Crippen LogP contribution < -0.4 is 14.8 Å². The van der Waals surface area contributed by atoms with Gasteiger partial charge in [0.1, 0.15) is 11.5 Å². The van der Waals surface area contributed by atoms with Gasteiger partial charge < -0.3 is 19.5 Å². The molecular formula is C21H25NO5. The fraction of sp³-hybridized carbons (Fsp3) is 0.333. The number of rotatable bonds is 8. The number of anilines is 1. The number of ether oxygens (including phenoxy) is 3. The summed E-state index contributed by atoms with van der Waals surface area (Å²) in [4.78, 5) is 24.6. The third-order valence-corrected chi connectivity index (χ3v) is 3.83. The maximum atomic E-state index is 12.4. The Morgan fingerprint density at radius 2 is 1.81 bits per heavy atom. The third kappa shape index (κ3) is 5.74. The van der Waals surface area contributed by atoms with E-state index in [2.05, 4.69) is 5.32 Å². The summed E-state index contributed by atoms with van der Waals surface area (Å²) in [5.41, 5.74) is 1.86. The number of carbonyl (C=O) groups excluding carboxylic acids is 2. The fourth-order valence-corrected chi connectivity index (χ4v) is 2.34. The minimum absolute atomic E-state index is 0.353. The highest BCUT2D eigenvalue weighted by atomic mass is 16.5. The molecule has 0 heterocycles. The smallest absolute Gasteiger partial charge is 0.338 e. The zero-order valence-corrected chi connectivity index (χ0v) is 16.1. The lowest BCUT2D eigenvalue weighted by molar-refractivity contribution is -0.123. The number of amides is 1. The van der Waals surface area contributed by atoms with Gasteiger partial charge in [-0.2, -0.15) is 0 Å². The summed E-state index contributed by atoms with van der Waals surface area (Å²) < 4.78 is 16.0. The second-order valence-electron chi connectivity index (χ2n) is 6.11. The van der Waals surface area contributed by atoms with Gasteiger partial charge in [-0.05, 0) is 62.2 Å². The second-order valence-corrected chi connectivity index (χ2v) is 6.11. The first-order valence-electron chi connectivity index (χ1n) is 8.84. The van der Waals surface area contributed by atoms with E-state index >= 15 is 0 Å².